The topological polar surface area (TPSA) is 57.1 Å². The zero-order valence-corrected chi connectivity index (χ0v) is 28.1. The van der Waals surface area contributed by atoms with Gasteiger partial charge in [0.25, 0.3) is 0 Å². The predicted octanol–water partition coefficient (Wildman–Crippen LogP) is 11.9. The van der Waals surface area contributed by atoms with Gasteiger partial charge in [-0.15, -0.1) is 0 Å². The van der Waals surface area contributed by atoms with Crippen molar-refractivity contribution in [2.24, 2.45) is 0 Å². The van der Waals surface area contributed by atoms with Crippen LogP contribution in [0.2, 0.25) is 0 Å². The molecule has 0 unspecified atom stereocenters. The Morgan fingerprint density at radius 1 is 0.412 bits per heavy atom. The van der Waals surface area contributed by atoms with E-state index in [1.807, 2.05) is 60.7 Å². The van der Waals surface area contributed by atoms with E-state index >= 15 is 0 Å². The fourth-order valence-electron chi connectivity index (χ4n) is 7.73. The van der Waals surface area contributed by atoms with Crippen molar-refractivity contribution >= 4 is 10.8 Å². The molecular weight excluding hydrogens is 627 g/mol. The third kappa shape index (κ3) is 4.59. The lowest BCUT2D eigenvalue weighted by molar-refractivity contribution is 0.361. The molecule has 5 nitrogen and oxygen atoms in total. The summed E-state index contributed by atoms with van der Waals surface area (Å²) in [5.41, 5.74) is 9.19. The van der Waals surface area contributed by atoms with E-state index in [2.05, 4.69) is 105 Å². The lowest BCUT2D eigenvalue weighted by Gasteiger charge is -2.26. The third-order valence-corrected chi connectivity index (χ3v) is 10.2. The second-order valence-corrected chi connectivity index (χ2v) is 13.6. The van der Waals surface area contributed by atoms with E-state index in [-0.39, 0.29) is 5.41 Å². The lowest BCUT2D eigenvalue weighted by atomic mass is 9.82. The maximum Gasteiger partial charge on any atom is 0.178 e. The third-order valence-electron chi connectivity index (χ3n) is 10.2. The Balaban J connectivity index is 1.15. The normalized spacial score (nSPS) is 13.4. The van der Waals surface area contributed by atoms with Crippen LogP contribution in [0, 0.1) is 0 Å². The predicted molar refractivity (Wildman–Crippen MR) is 203 cm³/mol. The van der Waals surface area contributed by atoms with Crippen LogP contribution in [0.25, 0.3) is 67.2 Å². The quantitative estimate of drug-likeness (QED) is 0.188. The summed E-state index contributed by atoms with van der Waals surface area (Å²) in [5, 5.41) is 2.22. The van der Waals surface area contributed by atoms with Crippen molar-refractivity contribution in [3.05, 3.63) is 163 Å². The number of benzene rings is 7. The van der Waals surface area contributed by atoms with Crippen molar-refractivity contribution in [2.45, 2.75) is 19.3 Å². The van der Waals surface area contributed by atoms with Crippen molar-refractivity contribution < 1.29 is 9.47 Å². The molecule has 8 aromatic rings. The van der Waals surface area contributed by atoms with Crippen LogP contribution in [-0.4, -0.2) is 15.0 Å². The number of para-hydroxylation sites is 1. The van der Waals surface area contributed by atoms with Crippen molar-refractivity contribution in [3.8, 4) is 79.4 Å². The first-order valence-electron chi connectivity index (χ1n) is 17.2. The minimum atomic E-state index is -0.159. The Labute approximate surface area is 295 Å². The zero-order valence-electron chi connectivity index (χ0n) is 28.1. The van der Waals surface area contributed by atoms with Gasteiger partial charge in [0.05, 0.1) is 0 Å². The molecule has 1 aromatic heterocycles. The first kappa shape index (κ1) is 29.3. The second-order valence-electron chi connectivity index (χ2n) is 13.6. The van der Waals surface area contributed by atoms with Crippen molar-refractivity contribution in [3.63, 3.8) is 0 Å². The van der Waals surface area contributed by atoms with Crippen LogP contribution in [0.15, 0.2) is 152 Å². The summed E-state index contributed by atoms with van der Waals surface area (Å²) in [7, 11) is 0. The minimum Gasteiger partial charge on any atom is -0.449 e. The van der Waals surface area contributed by atoms with Crippen LogP contribution < -0.4 is 9.47 Å². The standard InChI is InChI=1S/C46H31N3O2/c1-46(2)36-24-11-10-21-35(36)40-37(46)26-27-39-42(40)51-41-32(22-13-25-38(41)50-39)31-19-8-9-20-34(31)45-48-43(29-15-4-3-5-16-29)47-44(49-45)33-23-12-17-28-14-6-7-18-30(28)33/h3-27H,1-2H3. The summed E-state index contributed by atoms with van der Waals surface area (Å²) in [6, 6.07) is 51.8. The summed E-state index contributed by atoms with van der Waals surface area (Å²) >= 11 is 0. The average Bonchev–Trinajstić information content (AvgIpc) is 3.43. The van der Waals surface area contributed by atoms with Crippen LogP contribution >= 0.6 is 0 Å². The Morgan fingerprint density at radius 3 is 1.88 bits per heavy atom. The second kappa shape index (κ2) is 11.2. The molecule has 2 heterocycles. The molecule has 0 atom stereocenters. The molecule has 5 heteroatoms. The highest BCUT2D eigenvalue weighted by Gasteiger charge is 2.40. The van der Waals surface area contributed by atoms with Gasteiger partial charge in [-0.3, -0.25) is 0 Å². The maximum absolute atomic E-state index is 7.00. The van der Waals surface area contributed by atoms with Gasteiger partial charge in [-0.1, -0.05) is 153 Å². The van der Waals surface area contributed by atoms with Gasteiger partial charge in [-0.25, -0.2) is 15.0 Å². The van der Waals surface area contributed by atoms with Gasteiger partial charge < -0.3 is 9.47 Å². The number of rotatable bonds is 4. The number of ether oxygens (including phenoxy) is 2. The van der Waals surface area contributed by atoms with Crippen molar-refractivity contribution in [1.82, 2.24) is 15.0 Å². The highest BCUT2D eigenvalue weighted by atomic mass is 16.6. The molecule has 0 radical (unpaired) electrons. The van der Waals surface area contributed by atoms with Crippen LogP contribution in [0.3, 0.4) is 0 Å². The van der Waals surface area contributed by atoms with Crippen LogP contribution in [0.1, 0.15) is 25.0 Å². The minimum absolute atomic E-state index is 0.159. The molecule has 242 valence electrons. The molecule has 0 spiro atoms. The molecular formula is C46H31N3O2. The van der Waals surface area contributed by atoms with E-state index in [1.54, 1.807) is 0 Å². The molecule has 7 aromatic carbocycles. The number of fused-ring (bicyclic) bond motifs is 7. The van der Waals surface area contributed by atoms with Gasteiger partial charge in [0.1, 0.15) is 0 Å². The summed E-state index contributed by atoms with van der Waals surface area (Å²) in [5.74, 6) is 4.59. The monoisotopic (exact) mass is 657 g/mol. The molecule has 10 rings (SSSR count). The number of aromatic nitrogens is 3. The van der Waals surface area contributed by atoms with Gasteiger partial charge in [-0.2, -0.15) is 0 Å². The van der Waals surface area contributed by atoms with Gasteiger partial charge in [0.15, 0.2) is 40.5 Å². The van der Waals surface area contributed by atoms with Crippen molar-refractivity contribution in [2.75, 3.05) is 0 Å². The molecule has 51 heavy (non-hydrogen) atoms. The first-order chi connectivity index (χ1) is 25.0. The molecule has 0 fully saturated rings. The van der Waals surface area contributed by atoms with Crippen molar-refractivity contribution in [1.29, 1.82) is 0 Å². The van der Waals surface area contributed by atoms with Crippen LogP contribution in [-0.2, 0) is 5.41 Å². The van der Waals surface area contributed by atoms with Gasteiger partial charge in [0.2, 0.25) is 0 Å². The molecule has 0 saturated heterocycles. The molecule has 0 amide bonds. The Kier molecular flexibility index (Phi) is 6.46. The molecule has 1 aliphatic carbocycles. The van der Waals surface area contributed by atoms with Gasteiger partial charge in [-0.05, 0) is 45.2 Å². The number of hydrogen-bond donors (Lipinski definition) is 0. The van der Waals surface area contributed by atoms with E-state index in [0.29, 0.717) is 34.7 Å². The smallest absolute Gasteiger partial charge is 0.178 e. The SMILES string of the molecule is CC1(C)c2ccccc2-c2c1ccc1c2Oc2c(cccc2-c2ccccc2-c2nc(-c3ccccc3)nc(-c3cccc4ccccc34)n2)O1. The lowest BCUT2D eigenvalue weighted by Crippen LogP contribution is -2.15. The highest BCUT2D eigenvalue weighted by molar-refractivity contribution is 5.96. The molecule has 0 bridgehead atoms. The summed E-state index contributed by atoms with van der Waals surface area (Å²) < 4.78 is 13.6. The average molecular weight is 658 g/mol. The van der Waals surface area contributed by atoms with E-state index in [4.69, 9.17) is 24.4 Å². The van der Waals surface area contributed by atoms with E-state index < -0.39 is 0 Å². The summed E-state index contributed by atoms with van der Waals surface area (Å²) in [6.45, 7) is 4.54. The Hall–Kier alpha value is -6.59. The maximum atomic E-state index is 7.00. The molecule has 0 N–H and O–H groups in total. The fourth-order valence-corrected chi connectivity index (χ4v) is 7.73. The number of hydrogen-bond acceptors (Lipinski definition) is 5. The largest absolute Gasteiger partial charge is 0.449 e. The Morgan fingerprint density at radius 2 is 1.02 bits per heavy atom. The van der Waals surface area contributed by atoms with Gasteiger partial charge >= 0.3 is 0 Å². The number of nitrogens with zero attached hydrogens (tertiary/aromatic N) is 3. The van der Waals surface area contributed by atoms with E-state index in [1.165, 1.54) is 16.7 Å². The van der Waals surface area contributed by atoms with E-state index in [0.717, 1.165) is 49.9 Å². The molecule has 2 aliphatic rings. The molecule has 0 saturated carbocycles. The van der Waals surface area contributed by atoms with Crippen LogP contribution in [0.5, 0.6) is 23.0 Å². The highest BCUT2D eigenvalue weighted by Crippen LogP contribution is 2.59. The molecule has 1 aliphatic heterocycles. The first-order valence-corrected chi connectivity index (χ1v) is 17.2. The zero-order chi connectivity index (χ0) is 34.1. The summed E-state index contributed by atoms with van der Waals surface area (Å²) in [4.78, 5) is 15.3. The van der Waals surface area contributed by atoms with Crippen LogP contribution in [0.4, 0.5) is 0 Å². The van der Waals surface area contributed by atoms with E-state index in [9.17, 15) is 0 Å². The van der Waals surface area contributed by atoms with Gasteiger partial charge in [0, 0.05) is 33.2 Å². The Bertz CT molecular complexity index is 2680. The summed E-state index contributed by atoms with van der Waals surface area (Å²) in [6.07, 6.45) is 0. The fraction of sp³-hybridized carbons (Fsp3) is 0.0652.